The van der Waals surface area contributed by atoms with Crippen molar-refractivity contribution in [1.82, 2.24) is 4.98 Å². The minimum Gasteiger partial charge on any atom is -0.427 e. The quantitative estimate of drug-likeness (QED) is 0.422. The molecule has 2 N–H and O–H groups in total. The minimum atomic E-state index is -0.627. The van der Waals surface area contributed by atoms with Gasteiger partial charge in [0.25, 0.3) is 5.91 Å². The molecule has 0 spiro atoms. The predicted octanol–water partition coefficient (Wildman–Crippen LogP) is 2.84. The Morgan fingerprint density at radius 3 is 2.67 bits per heavy atom. The van der Waals surface area contributed by atoms with Crippen molar-refractivity contribution in [2.45, 2.75) is 19.4 Å². The Bertz CT molecular complexity index is 1040. The summed E-state index contributed by atoms with van der Waals surface area (Å²) in [6.07, 6.45) is 1.92. The van der Waals surface area contributed by atoms with E-state index in [1.165, 1.54) is 6.92 Å². The number of fused-ring (bicyclic) bond motifs is 1. The van der Waals surface area contributed by atoms with Crippen LogP contribution < -0.4 is 15.0 Å². The van der Waals surface area contributed by atoms with Gasteiger partial charge in [0, 0.05) is 24.3 Å². The lowest BCUT2D eigenvalue weighted by Gasteiger charge is -2.16. The maximum absolute atomic E-state index is 12.7. The van der Waals surface area contributed by atoms with Crippen LogP contribution in [0, 0.1) is 0 Å². The summed E-state index contributed by atoms with van der Waals surface area (Å²) in [6.45, 7) is 1.31. The maximum atomic E-state index is 12.7. The number of anilines is 2. The number of amides is 2. The molecule has 1 fully saturated rings. The third-order valence-corrected chi connectivity index (χ3v) is 4.40. The molecule has 7 nitrogen and oxygen atoms in total. The topological polar surface area (TPSA) is 91.5 Å². The molecule has 2 heterocycles. The second-order valence-electron chi connectivity index (χ2n) is 6.34. The number of hydrogen-bond acceptors (Lipinski definition) is 5. The fraction of sp³-hybridized carbons (Fsp3) is 0.150. The molecule has 1 aliphatic heterocycles. The Labute approximate surface area is 154 Å². The normalized spacial score (nSPS) is 16.8. The van der Waals surface area contributed by atoms with Crippen LogP contribution in [0.5, 0.6) is 5.75 Å². The van der Waals surface area contributed by atoms with Crippen molar-refractivity contribution in [2.24, 2.45) is 0 Å². The average Bonchev–Trinajstić information content (AvgIpc) is 3.20. The molecule has 136 valence electrons. The number of benzene rings is 2. The van der Waals surface area contributed by atoms with Crippen LogP contribution in [0.2, 0.25) is 0 Å². The van der Waals surface area contributed by atoms with Gasteiger partial charge >= 0.3 is 5.97 Å². The molecule has 0 unspecified atom stereocenters. The highest BCUT2D eigenvalue weighted by molar-refractivity contribution is 6.23. The third kappa shape index (κ3) is 3.27. The highest BCUT2D eigenvalue weighted by Gasteiger charge is 2.39. The van der Waals surface area contributed by atoms with Gasteiger partial charge in [0.2, 0.25) is 5.91 Å². The fourth-order valence-electron chi connectivity index (χ4n) is 3.18. The van der Waals surface area contributed by atoms with E-state index >= 15 is 0 Å². The second-order valence-corrected chi connectivity index (χ2v) is 6.34. The van der Waals surface area contributed by atoms with Gasteiger partial charge in [-0.25, -0.2) is 4.90 Å². The predicted molar refractivity (Wildman–Crippen MR) is 101 cm³/mol. The van der Waals surface area contributed by atoms with Gasteiger partial charge in [-0.05, 0) is 47.9 Å². The standard InChI is InChI=1S/C20H17N3O4/c1-12(24)27-16-6-4-15(5-7-16)23-19(25)11-18(20(23)26)22-14-3-2-13-8-9-21-17(13)10-14/h2-10,18,21-22H,11H2,1H3/t18-/m1/s1. The van der Waals surface area contributed by atoms with Crippen molar-refractivity contribution in [2.75, 3.05) is 10.2 Å². The van der Waals surface area contributed by atoms with Gasteiger partial charge in [0.15, 0.2) is 0 Å². The van der Waals surface area contributed by atoms with Crippen molar-refractivity contribution in [3.8, 4) is 5.75 Å². The second kappa shape index (κ2) is 6.60. The molecule has 7 heteroatoms. The maximum Gasteiger partial charge on any atom is 0.308 e. The van der Waals surface area contributed by atoms with Crippen LogP contribution in [0.4, 0.5) is 11.4 Å². The van der Waals surface area contributed by atoms with E-state index in [0.717, 1.165) is 21.5 Å². The molecule has 2 aromatic carbocycles. The summed E-state index contributed by atoms with van der Waals surface area (Å²) in [6, 6.07) is 13.3. The highest BCUT2D eigenvalue weighted by Crippen LogP contribution is 2.27. The van der Waals surface area contributed by atoms with E-state index in [1.54, 1.807) is 24.3 Å². The summed E-state index contributed by atoms with van der Waals surface area (Å²) in [5, 5.41) is 4.21. The van der Waals surface area contributed by atoms with Crippen LogP contribution in [0.25, 0.3) is 10.9 Å². The Balaban J connectivity index is 1.51. The molecule has 1 atom stereocenters. The summed E-state index contributed by atoms with van der Waals surface area (Å²) in [7, 11) is 0. The number of carbonyl (C=O) groups is 3. The molecular weight excluding hydrogens is 346 g/mol. The Kier molecular flexibility index (Phi) is 4.12. The SMILES string of the molecule is CC(=O)Oc1ccc(N2C(=O)C[C@@H](Nc3ccc4cc[nH]c4c3)C2=O)cc1. The zero-order chi connectivity index (χ0) is 19.0. The van der Waals surface area contributed by atoms with E-state index in [-0.39, 0.29) is 18.2 Å². The monoisotopic (exact) mass is 363 g/mol. The molecule has 1 aromatic heterocycles. The molecule has 0 radical (unpaired) electrons. The zero-order valence-electron chi connectivity index (χ0n) is 14.6. The fourth-order valence-corrected chi connectivity index (χ4v) is 3.18. The summed E-state index contributed by atoms with van der Waals surface area (Å²) in [4.78, 5) is 40.4. The van der Waals surface area contributed by atoms with E-state index in [9.17, 15) is 14.4 Å². The molecule has 27 heavy (non-hydrogen) atoms. The largest absolute Gasteiger partial charge is 0.427 e. The Morgan fingerprint density at radius 1 is 1.15 bits per heavy atom. The van der Waals surface area contributed by atoms with E-state index in [0.29, 0.717) is 11.4 Å². The lowest BCUT2D eigenvalue weighted by molar-refractivity contribution is -0.132. The number of carbonyl (C=O) groups excluding carboxylic acids is 3. The van der Waals surface area contributed by atoms with E-state index in [1.807, 2.05) is 30.5 Å². The van der Waals surface area contributed by atoms with Gasteiger partial charge in [-0.1, -0.05) is 6.07 Å². The van der Waals surface area contributed by atoms with Gasteiger partial charge in [0.1, 0.15) is 11.8 Å². The molecule has 0 saturated carbocycles. The third-order valence-electron chi connectivity index (χ3n) is 4.40. The van der Waals surface area contributed by atoms with E-state index in [4.69, 9.17) is 4.74 Å². The Morgan fingerprint density at radius 2 is 1.93 bits per heavy atom. The molecule has 2 amide bonds. The number of aromatic amines is 1. The number of imide groups is 1. The van der Waals surface area contributed by atoms with Crippen molar-refractivity contribution in [3.63, 3.8) is 0 Å². The molecule has 1 saturated heterocycles. The van der Waals surface area contributed by atoms with Gasteiger partial charge in [0.05, 0.1) is 12.1 Å². The summed E-state index contributed by atoms with van der Waals surface area (Å²) >= 11 is 0. The van der Waals surface area contributed by atoms with Crippen molar-refractivity contribution in [1.29, 1.82) is 0 Å². The Hall–Kier alpha value is -3.61. The first-order valence-corrected chi connectivity index (χ1v) is 8.50. The molecular formula is C20H17N3O4. The first-order chi connectivity index (χ1) is 13.0. The number of nitrogens with zero attached hydrogens (tertiary/aromatic N) is 1. The summed E-state index contributed by atoms with van der Waals surface area (Å²) < 4.78 is 4.97. The van der Waals surface area contributed by atoms with Gasteiger partial charge in [-0.3, -0.25) is 14.4 Å². The number of rotatable bonds is 4. The minimum absolute atomic E-state index is 0.0767. The van der Waals surface area contributed by atoms with E-state index in [2.05, 4.69) is 10.3 Å². The molecule has 0 bridgehead atoms. The summed E-state index contributed by atoms with van der Waals surface area (Å²) in [5.74, 6) is -0.663. The van der Waals surface area contributed by atoms with Crippen molar-refractivity contribution < 1.29 is 19.1 Å². The van der Waals surface area contributed by atoms with Crippen LogP contribution >= 0.6 is 0 Å². The van der Waals surface area contributed by atoms with Crippen molar-refractivity contribution in [3.05, 3.63) is 54.7 Å². The van der Waals surface area contributed by atoms with Crippen LogP contribution in [0.3, 0.4) is 0 Å². The molecule has 1 aliphatic rings. The number of hydrogen-bond donors (Lipinski definition) is 2. The zero-order valence-corrected chi connectivity index (χ0v) is 14.6. The first-order valence-electron chi connectivity index (χ1n) is 8.50. The van der Waals surface area contributed by atoms with Crippen LogP contribution in [-0.4, -0.2) is 28.8 Å². The van der Waals surface area contributed by atoms with Gasteiger partial charge in [-0.15, -0.1) is 0 Å². The first kappa shape index (κ1) is 16.8. The molecule has 4 rings (SSSR count). The smallest absolute Gasteiger partial charge is 0.308 e. The average molecular weight is 363 g/mol. The van der Waals surface area contributed by atoms with Crippen molar-refractivity contribution >= 4 is 40.1 Å². The lowest BCUT2D eigenvalue weighted by Crippen LogP contribution is -2.34. The highest BCUT2D eigenvalue weighted by atomic mass is 16.5. The van der Waals surface area contributed by atoms with Gasteiger partial charge in [-0.2, -0.15) is 0 Å². The summed E-state index contributed by atoms with van der Waals surface area (Å²) in [5.41, 5.74) is 2.17. The van der Waals surface area contributed by atoms with Crippen LogP contribution in [0.1, 0.15) is 13.3 Å². The molecule has 3 aromatic rings. The van der Waals surface area contributed by atoms with Crippen LogP contribution in [0.15, 0.2) is 54.7 Å². The number of esters is 1. The number of nitrogens with one attached hydrogen (secondary N) is 2. The lowest BCUT2D eigenvalue weighted by atomic mass is 10.2. The van der Waals surface area contributed by atoms with E-state index < -0.39 is 12.0 Å². The van der Waals surface area contributed by atoms with Gasteiger partial charge < -0.3 is 15.0 Å². The van der Waals surface area contributed by atoms with Crippen LogP contribution in [-0.2, 0) is 14.4 Å². The number of ether oxygens (including phenoxy) is 1. The number of H-pyrrole nitrogens is 1. The number of aromatic nitrogens is 1. The molecule has 0 aliphatic carbocycles.